The van der Waals surface area contributed by atoms with Crippen molar-refractivity contribution >= 4 is 5.91 Å². The largest absolute Gasteiger partial charge is 0.475 e. The first kappa shape index (κ1) is 22.1. The molecule has 0 unspecified atom stereocenters. The molecule has 3 aromatic heterocycles. The molecule has 0 bridgehead atoms. The van der Waals surface area contributed by atoms with Crippen molar-refractivity contribution in [1.82, 2.24) is 30.2 Å². The molecule has 9 nitrogen and oxygen atoms in total. The van der Waals surface area contributed by atoms with E-state index in [2.05, 4.69) is 25.5 Å². The number of aryl methyl sites for hydroxylation is 1. The molecular weight excluding hydrogens is 427 g/mol. The number of halogens is 1. The van der Waals surface area contributed by atoms with Crippen molar-refractivity contribution in [3.8, 4) is 28.5 Å². The highest BCUT2D eigenvalue weighted by Crippen LogP contribution is 2.23. The molecule has 1 amide bonds. The monoisotopic (exact) mass is 450 g/mol. The zero-order valence-electron chi connectivity index (χ0n) is 18.6. The molecule has 0 saturated carbocycles. The molecule has 33 heavy (non-hydrogen) atoms. The van der Waals surface area contributed by atoms with E-state index in [9.17, 15) is 9.18 Å². The third kappa shape index (κ3) is 5.05. The fourth-order valence-corrected chi connectivity index (χ4v) is 3.16. The van der Waals surface area contributed by atoms with Crippen molar-refractivity contribution in [2.75, 3.05) is 0 Å². The van der Waals surface area contributed by atoms with Gasteiger partial charge in [-0.1, -0.05) is 5.16 Å². The summed E-state index contributed by atoms with van der Waals surface area (Å²) in [7, 11) is 1.66. The van der Waals surface area contributed by atoms with E-state index in [1.165, 1.54) is 16.8 Å². The van der Waals surface area contributed by atoms with Gasteiger partial charge in [-0.15, -0.1) is 0 Å². The third-order valence-corrected chi connectivity index (χ3v) is 4.76. The lowest BCUT2D eigenvalue weighted by atomic mass is 10.1. The zero-order chi connectivity index (χ0) is 23.5. The van der Waals surface area contributed by atoms with Crippen LogP contribution >= 0.6 is 0 Å². The number of carbonyl (C=O) groups excluding carboxylic acids is 1. The Hall–Kier alpha value is -4.08. The maximum atomic E-state index is 13.2. The van der Waals surface area contributed by atoms with E-state index >= 15 is 0 Å². The number of aromatic nitrogens is 5. The quantitative estimate of drug-likeness (QED) is 0.454. The van der Waals surface area contributed by atoms with Crippen molar-refractivity contribution in [2.24, 2.45) is 7.05 Å². The number of nitrogens with zero attached hydrogens (tertiary/aromatic N) is 5. The summed E-state index contributed by atoms with van der Waals surface area (Å²) in [5.74, 6) is 0.380. The second-order valence-corrected chi connectivity index (χ2v) is 7.75. The van der Waals surface area contributed by atoms with Crippen LogP contribution in [0.4, 0.5) is 4.39 Å². The van der Waals surface area contributed by atoms with Gasteiger partial charge in [0.05, 0.1) is 11.8 Å². The molecule has 10 heteroatoms. The first-order chi connectivity index (χ1) is 15.8. The molecule has 4 aromatic rings. The van der Waals surface area contributed by atoms with E-state index in [0.29, 0.717) is 34.2 Å². The number of pyridine rings is 1. The van der Waals surface area contributed by atoms with Crippen LogP contribution in [0.3, 0.4) is 0 Å². The normalized spacial score (nSPS) is 12.1. The van der Waals surface area contributed by atoms with Gasteiger partial charge < -0.3 is 14.6 Å². The fourth-order valence-electron chi connectivity index (χ4n) is 3.16. The van der Waals surface area contributed by atoms with Crippen molar-refractivity contribution in [2.45, 2.75) is 32.9 Å². The van der Waals surface area contributed by atoms with E-state index < -0.39 is 6.04 Å². The molecule has 0 saturated heterocycles. The van der Waals surface area contributed by atoms with E-state index in [0.717, 1.165) is 0 Å². The molecule has 3 heterocycles. The fraction of sp³-hybridized carbons (Fsp3) is 0.261. The van der Waals surface area contributed by atoms with Crippen LogP contribution in [0.25, 0.3) is 22.6 Å². The summed E-state index contributed by atoms with van der Waals surface area (Å²) in [5, 5.41) is 11.2. The van der Waals surface area contributed by atoms with Crippen LogP contribution < -0.4 is 10.1 Å². The average Bonchev–Trinajstić information content (AvgIpc) is 3.41. The summed E-state index contributed by atoms with van der Waals surface area (Å²) >= 11 is 0. The minimum absolute atomic E-state index is 0.0145. The van der Waals surface area contributed by atoms with Crippen LogP contribution in [0.2, 0.25) is 0 Å². The topological polar surface area (TPSA) is 108 Å². The van der Waals surface area contributed by atoms with Gasteiger partial charge in [0.2, 0.25) is 17.6 Å². The van der Waals surface area contributed by atoms with E-state index in [-0.39, 0.29) is 23.7 Å². The van der Waals surface area contributed by atoms with Gasteiger partial charge in [-0.05, 0) is 57.2 Å². The maximum Gasteiger partial charge on any atom is 0.270 e. The Morgan fingerprint density at radius 2 is 1.88 bits per heavy atom. The minimum Gasteiger partial charge on any atom is -0.475 e. The number of ether oxygens (including phenoxy) is 1. The first-order valence-electron chi connectivity index (χ1n) is 10.4. The first-order valence-corrected chi connectivity index (χ1v) is 10.4. The molecule has 1 atom stereocenters. The summed E-state index contributed by atoms with van der Waals surface area (Å²) in [5.41, 5.74) is 2.29. The highest BCUT2D eigenvalue weighted by molar-refractivity contribution is 5.93. The number of nitrogens with one attached hydrogen (secondary N) is 1. The highest BCUT2D eigenvalue weighted by atomic mass is 19.1. The summed E-state index contributed by atoms with van der Waals surface area (Å²) in [6.45, 7) is 5.57. The number of rotatable bonds is 7. The molecule has 170 valence electrons. The Morgan fingerprint density at radius 1 is 1.12 bits per heavy atom. The van der Waals surface area contributed by atoms with Gasteiger partial charge >= 0.3 is 0 Å². The molecule has 1 aromatic carbocycles. The summed E-state index contributed by atoms with van der Waals surface area (Å²) in [6.07, 6.45) is 1.59. The lowest BCUT2D eigenvalue weighted by Gasteiger charge is -2.09. The molecule has 0 aliphatic carbocycles. The molecular formula is C23H23FN6O3. The van der Waals surface area contributed by atoms with Crippen molar-refractivity contribution in [1.29, 1.82) is 0 Å². The molecule has 1 N–H and O–H groups in total. The van der Waals surface area contributed by atoms with Gasteiger partial charge in [0.15, 0.2) is 0 Å². The zero-order valence-corrected chi connectivity index (χ0v) is 18.6. The van der Waals surface area contributed by atoms with Gasteiger partial charge in [0, 0.05) is 30.4 Å². The molecule has 0 aliphatic heterocycles. The van der Waals surface area contributed by atoms with Crippen LogP contribution in [0.1, 0.15) is 43.2 Å². The van der Waals surface area contributed by atoms with Crippen molar-refractivity contribution in [3.05, 3.63) is 66.1 Å². The Balaban J connectivity index is 1.47. The van der Waals surface area contributed by atoms with Crippen LogP contribution in [0, 0.1) is 5.82 Å². The van der Waals surface area contributed by atoms with Crippen molar-refractivity contribution in [3.63, 3.8) is 0 Å². The minimum atomic E-state index is -0.545. The second kappa shape index (κ2) is 9.19. The molecule has 0 spiro atoms. The van der Waals surface area contributed by atoms with E-state index in [4.69, 9.17) is 9.26 Å². The van der Waals surface area contributed by atoms with Gasteiger partial charge in [-0.2, -0.15) is 10.1 Å². The molecule has 0 aliphatic rings. The summed E-state index contributed by atoms with van der Waals surface area (Å²) < 4.78 is 25.6. The Bertz CT molecular complexity index is 1270. The van der Waals surface area contributed by atoms with Crippen molar-refractivity contribution < 1.29 is 18.4 Å². The Morgan fingerprint density at radius 3 is 2.61 bits per heavy atom. The predicted octanol–water partition coefficient (Wildman–Crippen LogP) is 3.95. The lowest BCUT2D eigenvalue weighted by Crippen LogP contribution is -2.28. The maximum absolute atomic E-state index is 13.2. The number of hydrogen-bond acceptors (Lipinski definition) is 7. The van der Waals surface area contributed by atoms with Crippen LogP contribution in [-0.4, -0.2) is 36.9 Å². The van der Waals surface area contributed by atoms with Gasteiger partial charge in [0.1, 0.15) is 17.6 Å². The smallest absolute Gasteiger partial charge is 0.270 e. The van der Waals surface area contributed by atoms with Gasteiger partial charge in [0.25, 0.3) is 5.91 Å². The number of amides is 1. The molecule has 0 radical (unpaired) electrons. The van der Waals surface area contributed by atoms with Crippen LogP contribution in [-0.2, 0) is 7.05 Å². The summed E-state index contributed by atoms with van der Waals surface area (Å²) in [6, 6.07) is 10.5. The summed E-state index contributed by atoms with van der Waals surface area (Å²) in [4.78, 5) is 21.4. The van der Waals surface area contributed by atoms with Crippen LogP contribution in [0.5, 0.6) is 5.88 Å². The van der Waals surface area contributed by atoms with Gasteiger partial charge in [-0.3, -0.25) is 9.48 Å². The Labute approximate surface area is 189 Å². The third-order valence-electron chi connectivity index (χ3n) is 4.76. The standard InChI is InChI=1S/C23H23FN6O3/c1-13(2)32-20-11-16(9-10-25-20)21-27-23(33-29-21)14(3)26-22(31)19-12-18(28-30(19)4)15-5-7-17(24)8-6-15/h5-14H,1-4H3,(H,26,31)/t14-/m0/s1. The average molecular weight is 450 g/mol. The van der Waals surface area contributed by atoms with Crippen LogP contribution in [0.15, 0.2) is 53.2 Å². The number of benzene rings is 1. The molecule has 0 fully saturated rings. The second-order valence-electron chi connectivity index (χ2n) is 7.75. The number of carbonyl (C=O) groups is 1. The van der Waals surface area contributed by atoms with Gasteiger partial charge in [-0.25, -0.2) is 9.37 Å². The Kier molecular flexibility index (Phi) is 6.16. The lowest BCUT2D eigenvalue weighted by molar-refractivity contribution is 0.0923. The predicted molar refractivity (Wildman–Crippen MR) is 118 cm³/mol. The SMILES string of the molecule is CC(C)Oc1cc(-c2noc([C@H](C)NC(=O)c3cc(-c4ccc(F)cc4)nn3C)n2)ccn1. The number of hydrogen-bond donors (Lipinski definition) is 1. The molecule has 4 rings (SSSR count). The highest BCUT2D eigenvalue weighted by Gasteiger charge is 2.21. The van der Waals surface area contributed by atoms with E-state index in [1.54, 1.807) is 50.5 Å². The van der Waals surface area contributed by atoms with E-state index in [1.807, 2.05) is 13.8 Å².